The third kappa shape index (κ3) is 4.00. The average Bonchev–Trinajstić information content (AvgIpc) is 2.37. The van der Waals surface area contributed by atoms with Crippen LogP contribution in [0.25, 0.3) is 0 Å². The zero-order valence-electron chi connectivity index (χ0n) is 14.0. The summed E-state index contributed by atoms with van der Waals surface area (Å²) in [6.07, 6.45) is 11.3. The van der Waals surface area contributed by atoms with Crippen molar-refractivity contribution in [2.75, 3.05) is 0 Å². The van der Waals surface area contributed by atoms with E-state index in [1.54, 1.807) is 0 Å². The van der Waals surface area contributed by atoms with Gasteiger partial charge in [-0.3, -0.25) is 4.79 Å². The van der Waals surface area contributed by atoms with Gasteiger partial charge in [-0.05, 0) is 37.0 Å². The van der Waals surface area contributed by atoms with Crippen LogP contribution in [-0.4, -0.2) is 23.2 Å². The van der Waals surface area contributed by atoms with Crippen LogP contribution in [0.5, 0.6) is 0 Å². The van der Waals surface area contributed by atoms with E-state index in [1.807, 2.05) is 0 Å². The van der Waals surface area contributed by atoms with Crippen LogP contribution in [-0.2, 0) is 4.79 Å². The summed E-state index contributed by atoms with van der Waals surface area (Å²) in [6.45, 7) is 6.53. The molecule has 0 aromatic rings. The molecule has 3 nitrogen and oxygen atoms in total. The molecule has 0 aliphatic heterocycles. The first-order valence-electron chi connectivity index (χ1n) is 8.91. The summed E-state index contributed by atoms with van der Waals surface area (Å²) >= 11 is 0. The molecule has 3 heteroatoms. The van der Waals surface area contributed by atoms with Crippen molar-refractivity contribution in [1.29, 1.82) is 0 Å². The summed E-state index contributed by atoms with van der Waals surface area (Å²) in [6, 6.07) is 1.13. The second-order valence-corrected chi connectivity index (χ2v) is 7.89. The number of nitrogens with one attached hydrogen (secondary N) is 1. The van der Waals surface area contributed by atoms with E-state index in [-0.39, 0.29) is 11.3 Å². The van der Waals surface area contributed by atoms with Crippen molar-refractivity contribution < 1.29 is 9.90 Å². The summed E-state index contributed by atoms with van der Waals surface area (Å²) in [5.74, 6) is -0.392. The van der Waals surface area contributed by atoms with Crippen LogP contribution < -0.4 is 5.32 Å². The zero-order valence-corrected chi connectivity index (χ0v) is 14.0. The van der Waals surface area contributed by atoms with Gasteiger partial charge in [-0.25, -0.2) is 0 Å². The molecule has 2 rings (SSSR count). The van der Waals surface area contributed by atoms with Gasteiger partial charge in [-0.1, -0.05) is 52.9 Å². The van der Waals surface area contributed by atoms with Crippen molar-refractivity contribution >= 4 is 5.97 Å². The van der Waals surface area contributed by atoms with Crippen LogP contribution in [0.4, 0.5) is 0 Å². The summed E-state index contributed by atoms with van der Waals surface area (Å²) in [4.78, 5) is 11.5. The Labute approximate surface area is 129 Å². The van der Waals surface area contributed by atoms with E-state index in [9.17, 15) is 9.90 Å². The van der Waals surface area contributed by atoms with E-state index in [0.717, 1.165) is 12.8 Å². The molecule has 0 radical (unpaired) electrons. The van der Waals surface area contributed by atoms with E-state index >= 15 is 0 Å². The van der Waals surface area contributed by atoms with Crippen molar-refractivity contribution in [1.82, 2.24) is 5.32 Å². The molecule has 0 amide bonds. The largest absolute Gasteiger partial charge is 0.481 e. The Bertz CT molecular complexity index is 345. The molecule has 3 atom stereocenters. The van der Waals surface area contributed by atoms with Gasteiger partial charge in [0.15, 0.2) is 0 Å². The maximum atomic E-state index is 11.5. The van der Waals surface area contributed by atoms with Gasteiger partial charge in [0.25, 0.3) is 0 Å². The number of carbonyl (C=O) groups is 1. The molecular formula is C18H33NO2. The van der Waals surface area contributed by atoms with Crippen LogP contribution in [0.15, 0.2) is 0 Å². The first-order valence-corrected chi connectivity index (χ1v) is 8.91. The minimum absolute atomic E-state index is 0.122. The summed E-state index contributed by atoms with van der Waals surface area (Å²) in [5.41, 5.74) is -0.122. The van der Waals surface area contributed by atoms with Crippen LogP contribution in [0, 0.1) is 17.3 Å². The summed E-state index contributed by atoms with van der Waals surface area (Å²) in [5, 5.41) is 13.3. The van der Waals surface area contributed by atoms with Crippen LogP contribution >= 0.6 is 0 Å². The Hall–Kier alpha value is -0.570. The number of hydrogen-bond acceptors (Lipinski definition) is 2. The molecule has 2 N–H and O–H groups in total. The van der Waals surface area contributed by atoms with E-state index in [1.165, 1.54) is 44.9 Å². The second kappa shape index (κ2) is 7.13. The lowest BCUT2D eigenvalue weighted by Crippen LogP contribution is -2.53. The molecule has 122 valence electrons. The smallest absolute Gasteiger partial charge is 0.307 e. The average molecular weight is 295 g/mol. The van der Waals surface area contributed by atoms with Gasteiger partial charge in [0.1, 0.15) is 0 Å². The highest BCUT2D eigenvalue weighted by Gasteiger charge is 2.46. The lowest BCUT2D eigenvalue weighted by molar-refractivity contribution is -0.150. The van der Waals surface area contributed by atoms with Crippen LogP contribution in [0.3, 0.4) is 0 Å². The number of hydrogen-bond donors (Lipinski definition) is 2. The molecule has 0 spiro atoms. The lowest BCUT2D eigenvalue weighted by Gasteiger charge is -2.47. The van der Waals surface area contributed by atoms with Crippen LogP contribution in [0.2, 0.25) is 0 Å². The predicted octanol–water partition coefficient (Wildman–Crippen LogP) is 4.21. The molecule has 2 aliphatic rings. The van der Waals surface area contributed by atoms with Crippen molar-refractivity contribution in [3.05, 3.63) is 0 Å². The quantitative estimate of drug-likeness (QED) is 0.820. The van der Waals surface area contributed by atoms with Gasteiger partial charge in [0, 0.05) is 12.1 Å². The molecule has 2 aliphatic carbocycles. The van der Waals surface area contributed by atoms with E-state index in [4.69, 9.17) is 0 Å². The van der Waals surface area contributed by atoms with Crippen LogP contribution in [0.1, 0.15) is 78.6 Å². The Morgan fingerprint density at radius 1 is 1.00 bits per heavy atom. The fourth-order valence-electron chi connectivity index (χ4n) is 4.40. The van der Waals surface area contributed by atoms with Gasteiger partial charge in [-0.2, -0.15) is 0 Å². The molecule has 3 unspecified atom stereocenters. The van der Waals surface area contributed by atoms with Gasteiger partial charge >= 0.3 is 5.97 Å². The van der Waals surface area contributed by atoms with Crippen molar-refractivity contribution in [2.24, 2.45) is 17.3 Å². The summed E-state index contributed by atoms with van der Waals surface area (Å²) in [7, 11) is 0. The monoisotopic (exact) mass is 295 g/mol. The summed E-state index contributed by atoms with van der Waals surface area (Å²) < 4.78 is 0. The molecule has 0 bridgehead atoms. The highest BCUT2D eigenvalue weighted by molar-refractivity contribution is 5.71. The number of aliphatic carboxylic acids is 1. The van der Waals surface area contributed by atoms with E-state index < -0.39 is 5.97 Å². The molecule has 0 heterocycles. The first kappa shape index (κ1) is 16.8. The molecule has 21 heavy (non-hydrogen) atoms. The highest BCUT2D eigenvalue weighted by atomic mass is 16.4. The second-order valence-electron chi connectivity index (χ2n) is 7.89. The topological polar surface area (TPSA) is 49.3 Å². The van der Waals surface area contributed by atoms with Crippen molar-refractivity contribution in [2.45, 2.75) is 90.6 Å². The molecule has 2 saturated carbocycles. The molecule has 2 fully saturated rings. The SMILES string of the molecule is CC1C(NC2CCCCCCC2)CCC(C(=O)O)C1(C)C. The number of carboxylic acid groups (broad SMARTS) is 1. The predicted molar refractivity (Wildman–Crippen MR) is 86.3 cm³/mol. The Kier molecular flexibility index (Phi) is 5.70. The number of carboxylic acids is 1. The van der Waals surface area contributed by atoms with Gasteiger partial charge in [0.05, 0.1) is 5.92 Å². The Morgan fingerprint density at radius 3 is 2.14 bits per heavy atom. The number of rotatable bonds is 3. The Morgan fingerprint density at radius 2 is 1.57 bits per heavy atom. The fraction of sp³-hybridized carbons (Fsp3) is 0.944. The van der Waals surface area contributed by atoms with Gasteiger partial charge in [-0.15, -0.1) is 0 Å². The molecular weight excluding hydrogens is 262 g/mol. The van der Waals surface area contributed by atoms with Gasteiger partial charge in [0.2, 0.25) is 0 Å². The lowest BCUT2D eigenvalue weighted by atomic mass is 9.61. The fourth-order valence-corrected chi connectivity index (χ4v) is 4.40. The maximum Gasteiger partial charge on any atom is 0.307 e. The highest BCUT2D eigenvalue weighted by Crippen LogP contribution is 2.45. The standard InChI is InChI=1S/C18H33NO2/c1-13-16(12-11-15(17(20)21)18(13,2)3)19-14-9-7-5-4-6-8-10-14/h13-16,19H,4-12H2,1-3H3,(H,20,21). The van der Waals surface area contributed by atoms with Crippen molar-refractivity contribution in [3.63, 3.8) is 0 Å². The third-order valence-electron chi connectivity index (χ3n) is 6.29. The molecule has 0 aromatic carbocycles. The molecule has 0 saturated heterocycles. The van der Waals surface area contributed by atoms with Gasteiger partial charge < -0.3 is 10.4 Å². The van der Waals surface area contributed by atoms with E-state index in [0.29, 0.717) is 18.0 Å². The zero-order chi connectivity index (χ0) is 15.5. The minimum Gasteiger partial charge on any atom is -0.481 e. The first-order chi connectivity index (χ1) is 9.93. The van der Waals surface area contributed by atoms with Crippen molar-refractivity contribution in [3.8, 4) is 0 Å². The molecule has 0 aromatic heterocycles. The Balaban J connectivity index is 1.96. The normalized spacial score (nSPS) is 34.9. The minimum atomic E-state index is -0.615. The maximum absolute atomic E-state index is 11.5. The third-order valence-corrected chi connectivity index (χ3v) is 6.29. The van der Waals surface area contributed by atoms with E-state index in [2.05, 4.69) is 26.1 Å².